The number of hydrogen-bond acceptors (Lipinski definition) is 4. The van der Waals surface area contributed by atoms with Crippen molar-refractivity contribution in [2.24, 2.45) is 0 Å². The third-order valence-corrected chi connectivity index (χ3v) is 12.6. The monoisotopic (exact) mass is 699 g/mol. The number of anilines is 3. The first kappa shape index (κ1) is 29.5. The smallest absolute Gasteiger partial charge is 0.135 e. The first-order chi connectivity index (χ1) is 25.7. The van der Waals surface area contributed by atoms with Crippen LogP contribution in [0.15, 0.2) is 180 Å². The SMILES string of the molecule is c1ccc2c(c1)oc1ccc(-c3ccc(N(c4ccc(-c5cccc6sc7ccccc7c56)cc4)c4ccc5c(c4)sc4ccccc45)cc3)cc12. The van der Waals surface area contributed by atoms with E-state index in [1.54, 1.807) is 0 Å². The Labute approximate surface area is 308 Å². The van der Waals surface area contributed by atoms with Crippen LogP contribution in [0, 0.1) is 0 Å². The molecule has 0 radical (unpaired) electrons. The van der Waals surface area contributed by atoms with E-state index < -0.39 is 0 Å². The number of para-hydroxylation sites is 1. The predicted octanol–water partition coefficient (Wildman–Crippen LogP) is 15.1. The fraction of sp³-hybridized carbons (Fsp3) is 0. The van der Waals surface area contributed by atoms with Gasteiger partial charge in [-0.2, -0.15) is 0 Å². The predicted molar refractivity (Wildman–Crippen MR) is 225 cm³/mol. The fourth-order valence-corrected chi connectivity index (χ4v) is 10.1. The molecule has 11 aromatic rings. The Morgan fingerprint density at radius 2 is 0.923 bits per heavy atom. The summed E-state index contributed by atoms with van der Waals surface area (Å²) in [6.07, 6.45) is 0. The molecule has 0 bridgehead atoms. The lowest BCUT2D eigenvalue weighted by molar-refractivity contribution is 0.669. The van der Waals surface area contributed by atoms with Crippen molar-refractivity contribution in [1.82, 2.24) is 0 Å². The summed E-state index contributed by atoms with van der Waals surface area (Å²) in [5.41, 5.74) is 10.0. The molecule has 0 saturated carbocycles. The van der Waals surface area contributed by atoms with Crippen LogP contribution in [0.25, 0.3) is 84.5 Å². The summed E-state index contributed by atoms with van der Waals surface area (Å²) < 4.78 is 11.4. The van der Waals surface area contributed by atoms with E-state index in [1.165, 1.54) is 62.6 Å². The topological polar surface area (TPSA) is 16.4 Å². The van der Waals surface area contributed by atoms with Crippen LogP contribution < -0.4 is 4.90 Å². The van der Waals surface area contributed by atoms with Crippen LogP contribution >= 0.6 is 22.7 Å². The zero-order valence-electron chi connectivity index (χ0n) is 27.9. The minimum absolute atomic E-state index is 0.913. The highest BCUT2D eigenvalue weighted by molar-refractivity contribution is 7.26. The van der Waals surface area contributed by atoms with Gasteiger partial charge in [0, 0.05) is 68.2 Å². The Bertz CT molecular complexity index is 3130. The summed E-state index contributed by atoms with van der Waals surface area (Å²) in [4.78, 5) is 2.38. The molecule has 0 saturated heterocycles. The quantitative estimate of drug-likeness (QED) is 0.178. The number of furan rings is 1. The maximum absolute atomic E-state index is 6.11. The lowest BCUT2D eigenvalue weighted by atomic mass is 9.99. The Morgan fingerprint density at radius 1 is 0.346 bits per heavy atom. The number of fused-ring (bicyclic) bond motifs is 9. The van der Waals surface area contributed by atoms with Crippen molar-refractivity contribution in [2.75, 3.05) is 4.90 Å². The van der Waals surface area contributed by atoms with Crippen LogP contribution in [-0.2, 0) is 0 Å². The van der Waals surface area contributed by atoms with E-state index in [0.717, 1.165) is 39.0 Å². The molecule has 0 amide bonds. The molecule has 0 N–H and O–H groups in total. The van der Waals surface area contributed by atoms with E-state index in [1.807, 2.05) is 34.8 Å². The van der Waals surface area contributed by atoms with Crippen molar-refractivity contribution in [3.05, 3.63) is 176 Å². The van der Waals surface area contributed by atoms with Gasteiger partial charge in [0.05, 0.1) is 0 Å². The molecule has 0 fully saturated rings. The molecule has 0 spiro atoms. The van der Waals surface area contributed by atoms with Crippen LogP contribution in [0.1, 0.15) is 0 Å². The van der Waals surface area contributed by atoms with Crippen molar-refractivity contribution in [3.8, 4) is 22.3 Å². The number of rotatable bonds is 5. The second-order valence-electron chi connectivity index (χ2n) is 13.3. The molecule has 0 unspecified atom stereocenters. The van der Waals surface area contributed by atoms with E-state index in [4.69, 9.17) is 4.42 Å². The summed E-state index contributed by atoms with van der Waals surface area (Å²) in [6.45, 7) is 0. The van der Waals surface area contributed by atoms with E-state index in [-0.39, 0.29) is 0 Å². The van der Waals surface area contributed by atoms with Crippen LogP contribution in [0.4, 0.5) is 17.1 Å². The van der Waals surface area contributed by atoms with Gasteiger partial charge in [0.2, 0.25) is 0 Å². The van der Waals surface area contributed by atoms with E-state index >= 15 is 0 Å². The number of benzene rings is 8. The molecule has 0 atom stereocenters. The zero-order valence-corrected chi connectivity index (χ0v) is 29.5. The molecular formula is C48H29NOS2. The van der Waals surface area contributed by atoms with Crippen molar-refractivity contribution in [2.45, 2.75) is 0 Å². The van der Waals surface area contributed by atoms with Crippen molar-refractivity contribution < 1.29 is 4.42 Å². The maximum Gasteiger partial charge on any atom is 0.135 e. The van der Waals surface area contributed by atoms with Crippen molar-refractivity contribution in [3.63, 3.8) is 0 Å². The lowest BCUT2D eigenvalue weighted by Crippen LogP contribution is -2.09. The first-order valence-electron chi connectivity index (χ1n) is 17.5. The van der Waals surface area contributed by atoms with Crippen LogP contribution in [0.5, 0.6) is 0 Å². The molecule has 3 aromatic heterocycles. The minimum atomic E-state index is 0.913. The van der Waals surface area contributed by atoms with Crippen molar-refractivity contribution in [1.29, 1.82) is 0 Å². The van der Waals surface area contributed by atoms with Gasteiger partial charge in [-0.25, -0.2) is 0 Å². The average Bonchev–Trinajstić information content (AvgIpc) is 3.89. The average molecular weight is 700 g/mol. The fourth-order valence-electron chi connectivity index (χ4n) is 7.81. The van der Waals surface area contributed by atoms with Gasteiger partial charge >= 0.3 is 0 Å². The van der Waals surface area contributed by atoms with Gasteiger partial charge in [0.25, 0.3) is 0 Å². The van der Waals surface area contributed by atoms with E-state index in [0.29, 0.717) is 0 Å². The minimum Gasteiger partial charge on any atom is -0.456 e. The van der Waals surface area contributed by atoms with Gasteiger partial charge in [0.1, 0.15) is 11.2 Å². The standard InChI is InChI=1S/C48H29NOS2/c1-4-12-42-37(8-1)41-28-32(20-27-43(41)50-42)30-16-21-33(22-17-30)49(35-25-26-39-38-9-2-5-13-44(38)52-47(39)29-35)34-23-18-31(19-24-34)36-11-7-15-46-48(36)40-10-3-6-14-45(40)51-46/h1-29H. The van der Waals surface area contributed by atoms with E-state index in [9.17, 15) is 0 Å². The molecule has 2 nitrogen and oxygen atoms in total. The van der Waals surface area contributed by atoms with Gasteiger partial charge in [-0.05, 0) is 95.1 Å². The molecule has 3 heterocycles. The van der Waals surface area contributed by atoms with Gasteiger partial charge in [-0.1, -0.05) is 103 Å². The molecule has 8 aromatic carbocycles. The molecular weight excluding hydrogens is 671 g/mol. The van der Waals surface area contributed by atoms with Gasteiger partial charge < -0.3 is 9.32 Å². The molecule has 244 valence electrons. The summed E-state index contributed by atoms with van der Waals surface area (Å²) in [7, 11) is 0. The molecule has 4 heteroatoms. The van der Waals surface area contributed by atoms with Gasteiger partial charge in [-0.15, -0.1) is 22.7 Å². The normalized spacial score (nSPS) is 11.8. The Hall–Kier alpha value is -6.20. The number of thiophene rings is 2. The Kier molecular flexibility index (Phi) is 6.63. The first-order valence-corrected chi connectivity index (χ1v) is 19.1. The highest BCUT2D eigenvalue weighted by Gasteiger charge is 2.17. The second-order valence-corrected chi connectivity index (χ2v) is 15.5. The molecule has 0 aliphatic carbocycles. The van der Waals surface area contributed by atoms with Crippen LogP contribution in [0.3, 0.4) is 0 Å². The summed E-state index contributed by atoms with van der Waals surface area (Å²) >= 11 is 3.72. The third kappa shape index (κ3) is 4.69. The largest absolute Gasteiger partial charge is 0.456 e. The third-order valence-electron chi connectivity index (χ3n) is 10.3. The summed E-state index contributed by atoms with van der Waals surface area (Å²) in [6, 6.07) is 63.8. The molecule has 0 aliphatic heterocycles. The number of nitrogens with zero attached hydrogens (tertiary/aromatic N) is 1. The summed E-state index contributed by atoms with van der Waals surface area (Å²) in [5.74, 6) is 0. The molecule has 0 aliphatic rings. The van der Waals surface area contributed by atoms with Gasteiger partial charge in [0.15, 0.2) is 0 Å². The highest BCUT2D eigenvalue weighted by atomic mass is 32.1. The van der Waals surface area contributed by atoms with Crippen LogP contribution in [0.2, 0.25) is 0 Å². The number of hydrogen-bond donors (Lipinski definition) is 0. The Morgan fingerprint density at radius 3 is 1.73 bits per heavy atom. The summed E-state index contributed by atoms with van der Waals surface area (Å²) in [5, 5.41) is 7.55. The van der Waals surface area contributed by atoms with Crippen molar-refractivity contribution >= 4 is 102 Å². The van der Waals surface area contributed by atoms with Crippen LogP contribution in [-0.4, -0.2) is 0 Å². The molecule has 52 heavy (non-hydrogen) atoms. The Balaban J connectivity index is 1.02. The van der Waals surface area contributed by atoms with Gasteiger partial charge in [-0.3, -0.25) is 0 Å². The van der Waals surface area contributed by atoms with E-state index in [2.05, 4.69) is 169 Å². The maximum atomic E-state index is 6.11. The zero-order chi connectivity index (χ0) is 34.2. The second kappa shape index (κ2) is 11.7. The highest BCUT2D eigenvalue weighted by Crippen LogP contribution is 2.44. The molecule has 11 rings (SSSR count). The lowest BCUT2D eigenvalue weighted by Gasteiger charge is -2.26.